The lowest BCUT2D eigenvalue weighted by molar-refractivity contribution is -0.139. The van der Waals surface area contributed by atoms with Crippen LogP contribution in [0.4, 0.5) is 0 Å². The molecular formula is C12H20O4S2. The predicted octanol–water partition coefficient (Wildman–Crippen LogP) is 2.14. The summed E-state index contributed by atoms with van der Waals surface area (Å²) in [5.74, 6) is 2.52. The predicted molar refractivity (Wildman–Crippen MR) is 77.1 cm³/mol. The molecule has 0 spiro atoms. The molecule has 18 heavy (non-hydrogen) atoms. The van der Waals surface area contributed by atoms with E-state index in [0.29, 0.717) is 13.2 Å². The Hall–Kier alpha value is -0.620. The molecule has 4 nitrogen and oxygen atoms in total. The summed E-state index contributed by atoms with van der Waals surface area (Å²) in [7, 11) is 0. The van der Waals surface area contributed by atoms with Crippen LogP contribution in [0.5, 0.6) is 0 Å². The average molecular weight is 292 g/mol. The van der Waals surface area contributed by atoms with Crippen LogP contribution in [0.3, 0.4) is 0 Å². The van der Waals surface area contributed by atoms with Crippen LogP contribution in [-0.4, -0.2) is 48.2 Å². The van der Waals surface area contributed by atoms with Crippen molar-refractivity contribution in [3.8, 4) is 0 Å². The Morgan fingerprint density at radius 2 is 1.28 bits per heavy atom. The molecule has 0 aliphatic rings. The van der Waals surface area contributed by atoms with Crippen molar-refractivity contribution in [2.75, 3.05) is 36.2 Å². The number of hydrogen-bond donors (Lipinski definition) is 0. The Kier molecular flexibility index (Phi) is 12.4. The van der Waals surface area contributed by atoms with Gasteiger partial charge in [-0.25, -0.2) is 9.59 Å². The zero-order valence-electron chi connectivity index (χ0n) is 10.8. The van der Waals surface area contributed by atoms with Gasteiger partial charge in [0.15, 0.2) is 0 Å². The first-order chi connectivity index (χ1) is 8.70. The summed E-state index contributed by atoms with van der Waals surface area (Å²) in [5.41, 5.74) is 0. The van der Waals surface area contributed by atoms with Crippen molar-refractivity contribution in [3.05, 3.63) is 12.2 Å². The van der Waals surface area contributed by atoms with Crippen LogP contribution >= 0.6 is 23.5 Å². The van der Waals surface area contributed by atoms with Gasteiger partial charge in [0.1, 0.15) is 13.2 Å². The highest BCUT2D eigenvalue weighted by Crippen LogP contribution is 1.98. The summed E-state index contributed by atoms with van der Waals surface area (Å²) in [6.45, 7) is 4.81. The maximum absolute atomic E-state index is 11.2. The van der Waals surface area contributed by atoms with Crippen LogP contribution in [0.2, 0.25) is 0 Å². The number of thioether (sulfide) groups is 2. The molecule has 0 aliphatic carbocycles. The van der Waals surface area contributed by atoms with Gasteiger partial charge in [0.25, 0.3) is 0 Å². The van der Waals surface area contributed by atoms with Gasteiger partial charge in [-0.05, 0) is 11.5 Å². The molecule has 0 rings (SSSR count). The van der Waals surface area contributed by atoms with Gasteiger partial charge in [-0.1, -0.05) is 13.8 Å². The van der Waals surface area contributed by atoms with E-state index in [2.05, 4.69) is 0 Å². The lowest BCUT2D eigenvalue weighted by atomic mass is 10.5. The molecule has 0 saturated heterocycles. The van der Waals surface area contributed by atoms with E-state index in [-0.39, 0.29) is 0 Å². The van der Waals surface area contributed by atoms with Crippen molar-refractivity contribution in [1.82, 2.24) is 0 Å². The highest BCUT2D eigenvalue weighted by Gasteiger charge is 2.00. The molecule has 0 amide bonds. The van der Waals surface area contributed by atoms with Crippen molar-refractivity contribution in [1.29, 1.82) is 0 Å². The molecule has 0 aliphatic heterocycles. The highest BCUT2D eigenvalue weighted by molar-refractivity contribution is 7.99. The summed E-state index contributed by atoms with van der Waals surface area (Å²) < 4.78 is 9.76. The molecular weight excluding hydrogens is 272 g/mol. The number of esters is 2. The first-order valence-electron chi connectivity index (χ1n) is 5.87. The van der Waals surface area contributed by atoms with E-state index in [1.165, 1.54) is 0 Å². The lowest BCUT2D eigenvalue weighted by Crippen LogP contribution is -2.07. The molecule has 0 aromatic heterocycles. The Morgan fingerprint density at radius 3 is 1.61 bits per heavy atom. The van der Waals surface area contributed by atoms with Gasteiger partial charge in [0, 0.05) is 23.7 Å². The number of hydrogen-bond acceptors (Lipinski definition) is 6. The van der Waals surface area contributed by atoms with Gasteiger partial charge in [0.05, 0.1) is 0 Å². The van der Waals surface area contributed by atoms with Crippen molar-refractivity contribution >= 4 is 35.5 Å². The van der Waals surface area contributed by atoms with Crippen molar-refractivity contribution < 1.29 is 19.1 Å². The largest absolute Gasteiger partial charge is 0.462 e. The van der Waals surface area contributed by atoms with E-state index in [4.69, 9.17) is 9.47 Å². The van der Waals surface area contributed by atoms with Crippen molar-refractivity contribution in [2.45, 2.75) is 13.8 Å². The van der Waals surface area contributed by atoms with Crippen molar-refractivity contribution in [3.63, 3.8) is 0 Å². The topological polar surface area (TPSA) is 52.6 Å². The van der Waals surface area contributed by atoms with E-state index < -0.39 is 11.9 Å². The van der Waals surface area contributed by atoms with E-state index in [1.807, 2.05) is 13.8 Å². The number of rotatable bonds is 10. The van der Waals surface area contributed by atoms with Crippen LogP contribution in [0, 0.1) is 0 Å². The van der Waals surface area contributed by atoms with Crippen LogP contribution in [-0.2, 0) is 19.1 Å². The minimum atomic E-state index is -0.508. The monoisotopic (exact) mass is 292 g/mol. The number of carbonyl (C=O) groups is 2. The van der Waals surface area contributed by atoms with Gasteiger partial charge in [-0.2, -0.15) is 23.5 Å². The summed E-state index contributed by atoms with van der Waals surface area (Å²) in [6, 6.07) is 0. The minimum Gasteiger partial charge on any atom is -0.462 e. The summed E-state index contributed by atoms with van der Waals surface area (Å²) >= 11 is 3.39. The second kappa shape index (κ2) is 12.8. The van der Waals surface area contributed by atoms with E-state index in [9.17, 15) is 9.59 Å². The number of ether oxygens (including phenoxy) is 2. The number of carbonyl (C=O) groups excluding carboxylic acids is 2. The quantitative estimate of drug-likeness (QED) is 0.349. The fraction of sp³-hybridized carbons (Fsp3) is 0.667. The third-order valence-electron chi connectivity index (χ3n) is 1.71. The van der Waals surface area contributed by atoms with Crippen LogP contribution < -0.4 is 0 Å². The highest BCUT2D eigenvalue weighted by atomic mass is 32.2. The van der Waals surface area contributed by atoms with Crippen LogP contribution in [0.25, 0.3) is 0 Å². The first kappa shape index (κ1) is 17.4. The lowest BCUT2D eigenvalue weighted by Gasteiger charge is -2.01. The standard InChI is InChI=1S/C12H20O4S2/c1-3-17-9-7-15-11(13)5-6-12(14)16-8-10-18-4-2/h5-6H,3-4,7-10H2,1-2H3/b6-5+. The molecule has 0 bridgehead atoms. The van der Waals surface area contributed by atoms with Gasteiger partial charge in [0.2, 0.25) is 0 Å². The molecule has 0 aromatic carbocycles. The van der Waals surface area contributed by atoms with Gasteiger partial charge < -0.3 is 9.47 Å². The fourth-order valence-corrected chi connectivity index (χ4v) is 1.90. The molecule has 0 saturated carbocycles. The smallest absolute Gasteiger partial charge is 0.331 e. The maximum Gasteiger partial charge on any atom is 0.331 e. The summed E-state index contributed by atoms with van der Waals surface area (Å²) in [6.07, 6.45) is 2.21. The Morgan fingerprint density at radius 1 is 0.889 bits per heavy atom. The third-order valence-corrected chi connectivity index (χ3v) is 3.43. The Bertz CT molecular complexity index is 241. The van der Waals surface area contributed by atoms with Gasteiger partial charge >= 0.3 is 11.9 Å². The average Bonchev–Trinajstić information content (AvgIpc) is 2.37. The first-order valence-corrected chi connectivity index (χ1v) is 8.18. The minimum absolute atomic E-state index is 0.365. The third kappa shape index (κ3) is 11.9. The molecule has 0 fully saturated rings. The van der Waals surface area contributed by atoms with E-state index in [0.717, 1.165) is 35.2 Å². The van der Waals surface area contributed by atoms with Crippen LogP contribution in [0.15, 0.2) is 12.2 Å². The van der Waals surface area contributed by atoms with Crippen LogP contribution in [0.1, 0.15) is 13.8 Å². The molecule has 0 N–H and O–H groups in total. The zero-order chi connectivity index (χ0) is 13.6. The second-order valence-corrected chi connectivity index (χ2v) is 5.85. The molecule has 6 heteroatoms. The van der Waals surface area contributed by atoms with Crippen molar-refractivity contribution in [2.24, 2.45) is 0 Å². The molecule has 104 valence electrons. The SMILES string of the molecule is CCSCCOC(=O)/C=C/C(=O)OCCSCC. The molecule has 0 unspecified atom stereocenters. The van der Waals surface area contributed by atoms with Gasteiger partial charge in [-0.3, -0.25) is 0 Å². The van der Waals surface area contributed by atoms with E-state index in [1.54, 1.807) is 23.5 Å². The summed E-state index contributed by atoms with van der Waals surface area (Å²) in [5, 5.41) is 0. The fourth-order valence-electron chi connectivity index (χ4n) is 0.923. The second-order valence-electron chi connectivity index (χ2n) is 3.06. The Balaban J connectivity index is 3.58. The normalized spacial score (nSPS) is 10.6. The molecule has 0 aromatic rings. The zero-order valence-corrected chi connectivity index (χ0v) is 12.5. The molecule has 0 radical (unpaired) electrons. The Labute approximate surface area is 117 Å². The molecule has 0 heterocycles. The van der Waals surface area contributed by atoms with Gasteiger partial charge in [-0.15, -0.1) is 0 Å². The van der Waals surface area contributed by atoms with E-state index >= 15 is 0 Å². The maximum atomic E-state index is 11.2. The molecule has 0 atom stereocenters. The summed E-state index contributed by atoms with van der Waals surface area (Å²) in [4.78, 5) is 22.3.